The molecule has 1 amide bonds. The van der Waals surface area contributed by atoms with Crippen LogP contribution in [-0.4, -0.2) is 31.1 Å². The maximum atomic E-state index is 12.0. The van der Waals surface area contributed by atoms with Crippen LogP contribution < -0.4 is 14.8 Å². The van der Waals surface area contributed by atoms with E-state index in [0.29, 0.717) is 27.6 Å². The SMILES string of the molecule is COc1cc(C2SCCS2)ccc1OCC(=O)NCc1cccc(Cl)c1. The Morgan fingerprint density at radius 3 is 2.73 bits per heavy atom. The minimum absolute atomic E-state index is 0.0663. The Hall–Kier alpha value is -1.50. The van der Waals surface area contributed by atoms with Gasteiger partial charge < -0.3 is 14.8 Å². The van der Waals surface area contributed by atoms with Crippen molar-refractivity contribution >= 4 is 41.0 Å². The Kier molecular flexibility index (Phi) is 7.00. The van der Waals surface area contributed by atoms with Gasteiger partial charge in [-0.25, -0.2) is 0 Å². The van der Waals surface area contributed by atoms with Gasteiger partial charge in [-0.05, 0) is 35.4 Å². The third kappa shape index (κ3) is 5.25. The lowest BCUT2D eigenvalue weighted by molar-refractivity contribution is -0.123. The molecule has 0 atom stereocenters. The summed E-state index contributed by atoms with van der Waals surface area (Å²) in [5.74, 6) is 3.36. The van der Waals surface area contributed by atoms with E-state index in [-0.39, 0.29) is 12.5 Å². The first-order valence-corrected chi connectivity index (χ1v) is 10.7. The van der Waals surface area contributed by atoms with E-state index in [1.165, 1.54) is 17.1 Å². The zero-order valence-electron chi connectivity index (χ0n) is 14.4. The van der Waals surface area contributed by atoms with E-state index in [0.717, 1.165) is 5.56 Å². The van der Waals surface area contributed by atoms with Crippen LogP contribution >= 0.6 is 35.1 Å². The smallest absolute Gasteiger partial charge is 0.258 e. The van der Waals surface area contributed by atoms with Crippen molar-refractivity contribution in [2.75, 3.05) is 25.2 Å². The lowest BCUT2D eigenvalue weighted by atomic mass is 10.2. The van der Waals surface area contributed by atoms with Crippen LogP contribution in [0.2, 0.25) is 5.02 Å². The van der Waals surface area contributed by atoms with Crippen molar-refractivity contribution in [3.8, 4) is 11.5 Å². The van der Waals surface area contributed by atoms with E-state index >= 15 is 0 Å². The van der Waals surface area contributed by atoms with Crippen molar-refractivity contribution in [3.05, 3.63) is 58.6 Å². The Morgan fingerprint density at radius 1 is 1.19 bits per heavy atom. The van der Waals surface area contributed by atoms with Crippen molar-refractivity contribution < 1.29 is 14.3 Å². The Balaban J connectivity index is 1.54. The van der Waals surface area contributed by atoms with Crippen LogP contribution in [0, 0.1) is 0 Å². The van der Waals surface area contributed by atoms with Crippen molar-refractivity contribution in [3.63, 3.8) is 0 Å². The van der Waals surface area contributed by atoms with E-state index in [1.807, 2.05) is 59.9 Å². The highest BCUT2D eigenvalue weighted by Crippen LogP contribution is 2.46. The quantitative estimate of drug-likeness (QED) is 0.728. The first-order valence-electron chi connectivity index (χ1n) is 8.21. The molecule has 0 saturated carbocycles. The molecule has 4 nitrogen and oxygen atoms in total. The highest BCUT2D eigenvalue weighted by molar-refractivity contribution is 8.19. The number of carbonyl (C=O) groups excluding carboxylic acids is 1. The number of hydrogen-bond donors (Lipinski definition) is 1. The number of rotatable bonds is 7. The van der Waals surface area contributed by atoms with Gasteiger partial charge in [0.05, 0.1) is 11.7 Å². The number of carbonyl (C=O) groups is 1. The fourth-order valence-electron chi connectivity index (χ4n) is 2.54. The molecule has 0 unspecified atom stereocenters. The van der Waals surface area contributed by atoms with E-state index in [2.05, 4.69) is 5.32 Å². The summed E-state index contributed by atoms with van der Waals surface area (Å²) in [5.41, 5.74) is 2.16. The average molecular weight is 410 g/mol. The summed E-state index contributed by atoms with van der Waals surface area (Å²) in [6.07, 6.45) is 0. The number of benzene rings is 2. The van der Waals surface area contributed by atoms with E-state index in [9.17, 15) is 4.79 Å². The molecule has 1 heterocycles. The number of methoxy groups -OCH3 is 1. The summed E-state index contributed by atoms with van der Waals surface area (Å²) >= 11 is 9.81. The van der Waals surface area contributed by atoms with Crippen LogP contribution in [0.4, 0.5) is 0 Å². The predicted molar refractivity (Wildman–Crippen MR) is 109 cm³/mol. The fourth-order valence-corrected chi connectivity index (χ4v) is 5.59. The summed E-state index contributed by atoms with van der Waals surface area (Å²) in [5, 5.41) is 3.47. The van der Waals surface area contributed by atoms with Gasteiger partial charge in [0.2, 0.25) is 0 Å². The molecule has 7 heteroatoms. The maximum absolute atomic E-state index is 12.0. The number of amides is 1. The van der Waals surface area contributed by atoms with Gasteiger partial charge in [-0.2, -0.15) is 0 Å². The van der Waals surface area contributed by atoms with E-state index in [1.54, 1.807) is 13.2 Å². The van der Waals surface area contributed by atoms with E-state index < -0.39 is 0 Å². The average Bonchev–Trinajstić information content (AvgIpc) is 3.19. The third-order valence-corrected chi connectivity index (χ3v) is 7.16. The Bertz CT molecular complexity index is 766. The van der Waals surface area contributed by atoms with Crippen LogP contribution in [0.5, 0.6) is 11.5 Å². The lowest BCUT2D eigenvalue weighted by Gasteiger charge is -2.14. The van der Waals surface area contributed by atoms with Crippen molar-refractivity contribution in [1.29, 1.82) is 0 Å². The molecule has 1 N–H and O–H groups in total. The summed E-state index contributed by atoms with van der Waals surface area (Å²) in [6.45, 7) is 0.345. The first-order chi connectivity index (χ1) is 12.7. The van der Waals surface area contributed by atoms with Crippen LogP contribution in [0.1, 0.15) is 15.7 Å². The summed E-state index contributed by atoms with van der Waals surface area (Å²) in [6, 6.07) is 13.3. The number of nitrogens with one attached hydrogen (secondary N) is 1. The van der Waals surface area contributed by atoms with Crippen molar-refractivity contribution in [1.82, 2.24) is 5.32 Å². The van der Waals surface area contributed by atoms with Gasteiger partial charge in [-0.15, -0.1) is 23.5 Å². The topological polar surface area (TPSA) is 47.6 Å². The Morgan fingerprint density at radius 2 is 2.00 bits per heavy atom. The molecule has 26 heavy (non-hydrogen) atoms. The van der Waals surface area contributed by atoms with Gasteiger partial charge in [0.25, 0.3) is 5.91 Å². The number of hydrogen-bond acceptors (Lipinski definition) is 5. The molecule has 0 aliphatic carbocycles. The molecule has 2 aromatic rings. The van der Waals surface area contributed by atoms with Gasteiger partial charge >= 0.3 is 0 Å². The fraction of sp³-hybridized carbons (Fsp3) is 0.316. The Labute approximate surface area is 167 Å². The molecular formula is C19H20ClNO3S2. The lowest BCUT2D eigenvalue weighted by Crippen LogP contribution is -2.28. The highest BCUT2D eigenvalue weighted by atomic mass is 35.5. The molecule has 0 bridgehead atoms. The van der Waals surface area contributed by atoms with E-state index in [4.69, 9.17) is 21.1 Å². The second-order valence-electron chi connectivity index (χ2n) is 5.68. The molecule has 138 valence electrons. The maximum Gasteiger partial charge on any atom is 0.258 e. The zero-order valence-corrected chi connectivity index (χ0v) is 16.8. The van der Waals surface area contributed by atoms with Gasteiger partial charge in [-0.3, -0.25) is 4.79 Å². The number of ether oxygens (including phenoxy) is 2. The molecular weight excluding hydrogens is 390 g/mol. The molecule has 3 rings (SSSR count). The molecule has 0 aromatic heterocycles. The minimum Gasteiger partial charge on any atom is -0.493 e. The molecule has 1 aliphatic rings. The van der Waals surface area contributed by atoms with Gasteiger partial charge in [0.15, 0.2) is 18.1 Å². The largest absolute Gasteiger partial charge is 0.493 e. The van der Waals surface area contributed by atoms with Crippen molar-refractivity contribution in [2.24, 2.45) is 0 Å². The number of thioether (sulfide) groups is 2. The summed E-state index contributed by atoms with van der Waals surface area (Å²) in [4.78, 5) is 12.0. The minimum atomic E-state index is -0.196. The monoisotopic (exact) mass is 409 g/mol. The molecule has 1 saturated heterocycles. The number of halogens is 1. The second kappa shape index (κ2) is 9.44. The zero-order chi connectivity index (χ0) is 18.4. The molecule has 0 spiro atoms. The van der Waals surface area contributed by atoms with Crippen LogP contribution in [0.3, 0.4) is 0 Å². The van der Waals surface area contributed by atoms with Gasteiger partial charge in [0, 0.05) is 23.1 Å². The summed E-state index contributed by atoms with van der Waals surface area (Å²) < 4.78 is 11.5. The van der Waals surface area contributed by atoms with Crippen LogP contribution in [-0.2, 0) is 11.3 Å². The van der Waals surface area contributed by atoms with Crippen LogP contribution in [0.25, 0.3) is 0 Å². The normalized spacial score (nSPS) is 14.2. The summed E-state index contributed by atoms with van der Waals surface area (Å²) in [7, 11) is 1.61. The first kappa shape index (κ1) is 19.3. The van der Waals surface area contributed by atoms with Crippen LogP contribution in [0.15, 0.2) is 42.5 Å². The predicted octanol–water partition coefficient (Wildman–Crippen LogP) is 4.52. The second-order valence-corrected chi connectivity index (χ2v) is 8.84. The van der Waals surface area contributed by atoms with Crippen molar-refractivity contribution in [2.45, 2.75) is 11.1 Å². The molecule has 0 radical (unpaired) electrons. The van der Waals surface area contributed by atoms with Gasteiger partial charge in [0.1, 0.15) is 0 Å². The van der Waals surface area contributed by atoms with Gasteiger partial charge in [-0.1, -0.05) is 29.8 Å². The standard InChI is InChI=1S/C19H20ClNO3S2/c1-23-17-10-14(19-25-7-8-26-19)5-6-16(17)24-12-18(22)21-11-13-3-2-4-15(20)9-13/h2-6,9-10,19H,7-8,11-12H2,1H3,(H,21,22). The molecule has 1 aliphatic heterocycles. The molecule has 2 aromatic carbocycles. The highest BCUT2D eigenvalue weighted by Gasteiger charge is 2.20. The third-order valence-electron chi connectivity index (χ3n) is 3.82. The molecule has 1 fully saturated rings.